The van der Waals surface area contributed by atoms with Crippen LogP contribution in [0.4, 0.5) is 10.1 Å². The van der Waals surface area contributed by atoms with Crippen molar-refractivity contribution in [2.45, 2.75) is 18.9 Å². The molecule has 1 aromatic carbocycles. The highest BCUT2D eigenvalue weighted by molar-refractivity contribution is 5.46. The van der Waals surface area contributed by atoms with Gasteiger partial charge in [-0.05, 0) is 23.4 Å². The van der Waals surface area contributed by atoms with Gasteiger partial charge in [-0.3, -0.25) is 0 Å². The highest BCUT2D eigenvalue weighted by Gasteiger charge is 2.21. The van der Waals surface area contributed by atoms with Crippen LogP contribution >= 0.6 is 0 Å². The maximum Gasteiger partial charge on any atom is 0.254 e. The van der Waals surface area contributed by atoms with Crippen molar-refractivity contribution in [2.75, 3.05) is 18.0 Å². The minimum absolute atomic E-state index is 0.148. The van der Waals surface area contributed by atoms with Crippen LogP contribution in [0.2, 0.25) is 0 Å². The fourth-order valence-electron chi connectivity index (χ4n) is 2.34. The van der Waals surface area contributed by atoms with Crippen molar-refractivity contribution in [3.8, 4) is 5.88 Å². The summed E-state index contributed by atoms with van der Waals surface area (Å²) in [5, 5.41) is 3.74. The van der Waals surface area contributed by atoms with Gasteiger partial charge in [0.1, 0.15) is 18.2 Å². The zero-order valence-corrected chi connectivity index (χ0v) is 10.5. The molecule has 0 aliphatic carbocycles. The maximum absolute atomic E-state index is 13.2. The van der Waals surface area contributed by atoms with Gasteiger partial charge in [0.05, 0.1) is 0 Å². The first-order valence-corrected chi connectivity index (χ1v) is 6.39. The van der Waals surface area contributed by atoms with Crippen molar-refractivity contribution >= 4 is 5.69 Å². The second-order valence-corrected chi connectivity index (χ2v) is 4.62. The van der Waals surface area contributed by atoms with E-state index in [1.54, 1.807) is 18.2 Å². The topological polar surface area (TPSA) is 38.5 Å². The number of aromatic nitrogens is 1. The molecule has 0 atom stereocenters. The third kappa shape index (κ3) is 2.86. The Kier molecular flexibility index (Phi) is 3.35. The van der Waals surface area contributed by atoms with Crippen molar-refractivity contribution in [2.24, 2.45) is 0 Å². The molecule has 5 heteroatoms. The molecule has 2 aromatic rings. The molecule has 0 amide bonds. The number of halogens is 1. The molecule has 0 saturated carbocycles. The molecule has 1 aliphatic heterocycles. The van der Waals surface area contributed by atoms with Gasteiger partial charge in [0.2, 0.25) is 0 Å². The molecule has 0 bridgehead atoms. The number of piperidine rings is 1. The fourth-order valence-corrected chi connectivity index (χ4v) is 2.34. The van der Waals surface area contributed by atoms with Gasteiger partial charge in [-0.15, -0.1) is 0 Å². The molecule has 4 nitrogen and oxygen atoms in total. The first kappa shape index (κ1) is 12.0. The summed E-state index contributed by atoms with van der Waals surface area (Å²) >= 11 is 0. The molecule has 1 saturated heterocycles. The van der Waals surface area contributed by atoms with Crippen molar-refractivity contribution in [3.63, 3.8) is 0 Å². The molecule has 100 valence electrons. The van der Waals surface area contributed by atoms with E-state index in [-0.39, 0.29) is 11.9 Å². The lowest BCUT2D eigenvalue weighted by Gasteiger charge is -2.33. The normalized spacial score (nSPS) is 16.6. The van der Waals surface area contributed by atoms with E-state index in [9.17, 15) is 4.39 Å². The van der Waals surface area contributed by atoms with Gasteiger partial charge in [0.25, 0.3) is 5.88 Å². The van der Waals surface area contributed by atoms with Crippen LogP contribution < -0.4 is 9.64 Å². The highest BCUT2D eigenvalue weighted by Crippen LogP contribution is 2.23. The minimum atomic E-state index is -0.196. The summed E-state index contributed by atoms with van der Waals surface area (Å²) in [5.74, 6) is 0.336. The van der Waals surface area contributed by atoms with Crippen molar-refractivity contribution in [3.05, 3.63) is 42.4 Å². The first-order chi connectivity index (χ1) is 9.31. The third-order valence-electron chi connectivity index (χ3n) is 3.32. The summed E-state index contributed by atoms with van der Waals surface area (Å²) < 4.78 is 23.6. The minimum Gasteiger partial charge on any atom is -0.472 e. The van der Waals surface area contributed by atoms with Crippen LogP contribution in [0.1, 0.15) is 12.8 Å². The van der Waals surface area contributed by atoms with E-state index in [0.29, 0.717) is 5.88 Å². The first-order valence-electron chi connectivity index (χ1n) is 6.39. The Morgan fingerprint density at radius 2 is 2.11 bits per heavy atom. The summed E-state index contributed by atoms with van der Waals surface area (Å²) in [6, 6.07) is 8.41. The Labute approximate surface area is 110 Å². The Morgan fingerprint density at radius 3 is 2.79 bits per heavy atom. The van der Waals surface area contributed by atoms with Gasteiger partial charge >= 0.3 is 0 Å². The second-order valence-electron chi connectivity index (χ2n) is 4.62. The van der Waals surface area contributed by atoms with E-state index < -0.39 is 0 Å². The number of hydrogen-bond donors (Lipinski definition) is 0. The largest absolute Gasteiger partial charge is 0.472 e. The number of benzene rings is 1. The number of ether oxygens (including phenoxy) is 1. The average molecular weight is 262 g/mol. The van der Waals surface area contributed by atoms with E-state index >= 15 is 0 Å². The van der Waals surface area contributed by atoms with Crippen LogP contribution in [0, 0.1) is 5.82 Å². The number of nitrogens with zero attached hydrogens (tertiary/aromatic N) is 2. The van der Waals surface area contributed by atoms with Gasteiger partial charge in [0.15, 0.2) is 0 Å². The van der Waals surface area contributed by atoms with Crippen LogP contribution in [-0.2, 0) is 0 Å². The lowest BCUT2D eigenvalue weighted by Crippen LogP contribution is -2.38. The smallest absolute Gasteiger partial charge is 0.254 e. The highest BCUT2D eigenvalue weighted by atomic mass is 19.1. The maximum atomic E-state index is 13.2. The standard InChI is InChI=1S/C14H15FN2O2/c15-11-2-1-3-12(10-11)17-7-4-13(5-8-17)19-14-6-9-18-16-14/h1-3,6,9-10,13H,4-5,7-8H2. The van der Waals surface area contributed by atoms with Gasteiger partial charge in [-0.1, -0.05) is 6.07 Å². The van der Waals surface area contributed by atoms with Crippen LogP contribution in [0.25, 0.3) is 0 Å². The second kappa shape index (κ2) is 5.30. The molecular weight excluding hydrogens is 247 g/mol. The quantitative estimate of drug-likeness (QED) is 0.852. The Hall–Kier alpha value is -2.04. The Bertz CT molecular complexity index is 522. The predicted octanol–water partition coefficient (Wildman–Crippen LogP) is 2.86. The van der Waals surface area contributed by atoms with E-state index in [4.69, 9.17) is 9.26 Å². The summed E-state index contributed by atoms with van der Waals surface area (Å²) in [6.07, 6.45) is 3.43. The van der Waals surface area contributed by atoms with Crippen molar-refractivity contribution in [1.29, 1.82) is 0 Å². The summed E-state index contributed by atoms with van der Waals surface area (Å²) in [5.41, 5.74) is 0.930. The Morgan fingerprint density at radius 1 is 1.26 bits per heavy atom. The van der Waals surface area contributed by atoms with E-state index in [2.05, 4.69) is 10.1 Å². The molecule has 3 rings (SSSR count). The molecule has 0 spiro atoms. The molecule has 0 unspecified atom stereocenters. The van der Waals surface area contributed by atoms with Crippen LogP contribution in [-0.4, -0.2) is 24.4 Å². The summed E-state index contributed by atoms with van der Waals surface area (Å²) in [7, 11) is 0. The third-order valence-corrected chi connectivity index (χ3v) is 3.32. The monoisotopic (exact) mass is 262 g/mol. The number of anilines is 1. The van der Waals surface area contributed by atoms with Crippen LogP contribution in [0.15, 0.2) is 41.1 Å². The summed E-state index contributed by atoms with van der Waals surface area (Å²) in [6.45, 7) is 1.71. The molecule has 1 aliphatic rings. The van der Waals surface area contributed by atoms with E-state index in [0.717, 1.165) is 31.6 Å². The number of rotatable bonds is 3. The van der Waals surface area contributed by atoms with E-state index in [1.165, 1.54) is 12.3 Å². The van der Waals surface area contributed by atoms with Gasteiger partial charge in [-0.25, -0.2) is 4.39 Å². The lowest BCUT2D eigenvalue weighted by atomic mass is 10.1. The summed E-state index contributed by atoms with van der Waals surface area (Å²) in [4.78, 5) is 2.17. The van der Waals surface area contributed by atoms with Crippen LogP contribution in [0.5, 0.6) is 5.88 Å². The van der Waals surface area contributed by atoms with Gasteiger partial charge in [-0.2, -0.15) is 0 Å². The van der Waals surface area contributed by atoms with Crippen molar-refractivity contribution < 1.29 is 13.7 Å². The van der Waals surface area contributed by atoms with Crippen LogP contribution in [0.3, 0.4) is 0 Å². The molecule has 19 heavy (non-hydrogen) atoms. The zero-order valence-electron chi connectivity index (χ0n) is 10.5. The molecule has 1 aromatic heterocycles. The molecule has 0 radical (unpaired) electrons. The van der Waals surface area contributed by atoms with E-state index in [1.807, 2.05) is 6.07 Å². The molecule has 0 N–H and O–H groups in total. The zero-order chi connectivity index (χ0) is 13.1. The molecule has 1 fully saturated rings. The molecular formula is C14H15FN2O2. The molecule has 2 heterocycles. The number of hydrogen-bond acceptors (Lipinski definition) is 4. The van der Waals surface area contributed by atoms with Gasteiger partial charge < -0.3 is 14.2 Å². The van der Waals surface area contributed by atoms with Gasteiger partial charge in [0, 0.05) is 37.7 Å². The average Bonchev–Trinajstić information content (AvgIpc) is 2.92. The van der Waals surface area contributed by atoms with Crippen molar-refractivity contribution in [1.82, 2.24) is 5.16 Å². The fraction of sp³-hybridized carbons (Fsp3) is 0.357. The predicted molar refractivity (Wildman–Crippen MR) is 68.8 cm³/mol. The SMILES string of the molecule is Fc1cccc(N2CCC(Oc3ccon3)CC2)c1. The lowest BCUT2D eigenvalue weighted by molar-refractivity contribution is 0.156. The Balaban J connectivity index is 1.57.